The van der Waals surface area contributed by atoms with Crippen molar-refractivity contribution in [3.63, 3.8) is 0 Å². The lowest BCUT2D eigenvalue weighted by molar-refractivity contribution is 0.238. The van der Waals surface area contributed by atoms with Crippen molar-refractivity contribution in [3.05, 3.63) is 35.6 Å². The molecule has 1 fully saturated rings. The highest BCUT2D eigenvalue weighted by Crippen LogP contribution is 2.21. The van der Waals surface area contributed by atoms with Gasteiger partial charge in [0.05, 0.1) is 6.61 Å². The number of aliphatic hydroxyl groups excluding tert-OH is 1. The van der Waals surface area contributed by atoms with E-state index in [0.717, 1.165) is 18.5 Å². The molecule has 2 heteroatoms. The molecule has 1 unspecified atom stereocenters. The van der Waals surface area contributed by atoms with Gasteiger partial charge in [0.15, 0.2) is 0 Å². The largest absolute Gasteiger partial charge is 0.394 e. The van der Waals surface area contributed by atoms with E-state index in [1.54, 1.807) is 0 Å². The standard InChI is InChI=1S/C12H19NO/c1-3-5-6-12-10(4-2)7-8-11(9-14)13-12/h3-6,11,13-14H,7-9H2,1-2H3/b5-3-,10-4-,12-6+. The summed E-state index contributed by atoms with van der Waals surface area (Å²) < 4.78 is 0. The molecule has 0 amide bonds. The number of hydrogen-bond donors (Lipinski definition) is 2. The predicted octanol–water partition coefficient (Wildman–Crippen LogP) is 2.14. The van der Waals surface area contributed by atoms with E-state index in [9.17, 15) is 0 Å². The fourth-order valence-electron chi connectivity index (χ4n) is 1.63. The average molecular weight is 193 g/mol. The van der Waals surface area contributed by atoms with Crippen LogP contribution in [-0.2, 0) is 0 Å². The van der Waals surface area contributed by atoms with Crippen LogP contribution in [0.25, 0.3) is 0 Å². The monoisotopic (exact) mass is 193 g/mol. The minimum Gasteiger partial charge on any atom is -0.394 e. The molecule has 1 atom stereocenters. The first-order valence-corrected chi connectivity index (χ1v) is 5.17. The van der Waals surface area contributed by atoms with E-state index in [1.165, 1.54) is 5.57 Å². The fourth-order valence-corrected chi connectivity index (χ4v) is 1.63. The first kappa shape index (κ1) is 11.1. The van der Waals surface area contributed by atoms with Crippen molar-refractivity contribution in [2.75, 3.05) is 6.61 Å². The zero-order chi connectivity index (χ0) is 10.4. The molecule has 0 spiro atoms. The third-order valence-corrected chi connectivity index (χ3v) is 2.49. The van der Waals surface area contributed by atoms with Crippen molar-refractivity contribution >= 4 is 0 Å². The second kappa shape index (κ2) is 5.66. The lowest BCUT2D eigenvalue weighted by Gasteiger charge is -2.27. The molecule has 1 rings (SSSR count). The van der Waals surface area contributed by atoms with Crippen LogP contribution in [0.1, 0.15) is 26.7 Å². The van der Waals surface area contributed by atoms with Gasteiger partial charge >= 0.3 is 0 Å². The Hall–Kier alpha value is -1.02. The van der Waals surface area contributed by atoms with Crippen LogP contribution in [-0.4, -0.2) is 17.8 Å². The highest BCUT2D eigenvalue weighted by molar-refractivity contribution is 5.34. The zero-order valence-corrected chi connectivity index (χ0v) is 8.96. The highest BCUT2D eigenvalue weighted by Gasteiger charge is 2.17. The second-order valence-corrected chi connectivity index (χ2v) is 3.48. The van der Waals surface area contributed by atoms with Gasteiger partial charge in [-0.2, -0.15) is 0 Å². The Bertz CT molecular complexity index is 263. The minimum atomic E-state index is 0.212. The van der Waals surface area contributed by atoms with Crippen molar-refractivity contribution in [1.82, 2.24) is 5.32 Å². The van der Waals surface area contributed by atoms with Crippen molar-refractivity contribution in [3.8, 4) is 0 Å². The summed E-state index contributed by atoms with van der Waals surface area (Å²) in [6.45, 7) is 4.27. The zero-order valence-electron chi connectivity index (χ0n) is 8.96. The van der Waals surface area contributed by atoms with E-state index in [4.69, 9.17) is 5.11 Å². The molecule has 14 heavy (non-hydrogen) atoms. The van der Waals surface area contributed by atoms with Gasteiger partial charge in [-0.1, -0.05) is 18.2 Å². The van der Waals surface area contributed by atoms with Crippen molar-refractivity contribution in [2.24, 2.45) is 0 Å². The smallest absolute Gasteiger partial charge is 0.0632 e. The Labute approximate surface area is 86.0 Å². The molecule has 1 aliphatic heterocycles. The van der Waals surface area contributed by atoms with E-state index >= 15 is 0 Å². The van der Waals surface area contributed by atoms with Crippen LogP contribution in [0.5, 0.6) is 0 Å². The third-order valence-electron chi connectivity index (χ3n) is 2.49. The highest BCUT2D eigenvalue weighted by atomic mass is 16.3. The first-order chi connectivity index (χ1) is 6.81. The molecule has 1 saturated heterocycles. The van der Waals surface area contributed by atoms with Crippen molar-refractivity contribution in [1.29, 1.82) is 0 Å². The van der Waals surface area contributed by atoms with Gasteiger partial charge in [-0.15, -0.1) is 0 Å². The van der Waals surface area contributed by atoms with Crippen LogP contribution >= 0.6 is 0 Å². The van der Waals surface area contributed by atoms with Crippen LogP contribution in [0.3, 0.4) is 0 Å². The fraction of sp³-hybridized carbons (Fsp3) is 0.500. The van der Waals surface area contributed by atoms with Gasteiger partial charge in [0.25, 0.3) is 0 Å². The maximum Gasteiger partial charge on any atom is 0.0632 e. The third kappa shape index (κ3) is 2.74. The number of aliphatic hydroxyl groups is 1. The van der Waals surface area contributed by atoms with Crippen LogP contribution in [0.2, 0.25) is 0 Å². The summed E-state index contributed by atoms with van der Waals surface area (Å²) in [7, 11) is 0. The van der Waals surface area contributed by atoms with E-state index < -0.39 is 0 Å². The molecular formula is C12H19NO. The van der Waals surface area contributed by atoms with Crippen LogP contribution in [0.4, 0.5) is 0 Å². The van der Waals surface area contributed by atoms with Gasteiger partial charge in [-0.3, -0.25) is 0 Å². The Kier molecular flexibility index (Phi) is 4.47. The summed E-state index contributed by atoms with van der Waals surface area (Å²) in [5.41, 5.74) is 2.49. The quantitative estimate of drug-likeness (QED) is 0.704. The predicted molar refractivity (Wildman–Crippen MR) is 59.9 cm³/mol. The maximum atomic E-state index is 9.07. The summed E-state index contributed by atoms with van der Waals surface area (Å²) in [5, 5.41) is 12.4. The van der Waals surface area contributed by atoms with Gasteiger partial charge in [0.1, 0.15) is 0 Å². The molecule has 1 aliphatic rings. The summed E-state index contributed by atoms with van der Waals surface area (Å²) in [6, 6.07) is 0.218. The van der Waals surface area contributed by atoms with Gasteiger partial charge in [0.2, 0.25) is 0 Å². The molecule has 0 saturated carbocycles. The van der Waals surface area contributed by atoms with Gasteiger partial charge in [-0.25, -0.2) is 0 Å². The molecule has 2 N–H and O–H groups in total. The molecule has 0 radical (unpaired) electrons. The SMILES string of the molecule is C\C=C/C=C1/NC(CO)CC/C1=C/C. The normalized spacial score (nSPS) is 28.6. The molecule has 0 aromatic heterocycles. The summed E-state index contributed by atoms with van der Waals surface area (Å²) in [5.74, 6) is 0. The maximum absolute atomic E-state index is 9.07. The van der Waals surface area contributed by atoms with Gasteiger partial charge in [-0.05, 0) is 38.3 Å². The summed E-state index contributed by atoms with van der Waals surface area (Å²) >= 11 is 0. The Morgan fingerprint density at radius 1 is 1.50 bits per heavy atom. The molecule has 0 aromatic rings. The van der Waals surface area contributed by atoms with E-state index in [2.05, 4.69) is 24.4 Å². The van der Waals surface area contributed by atoms with Crippen molar-refractivity contribution < 1.29 is 5.11 Å². The van der Waals surface area contributed by atoms with Crippen LogP contribution < -0.4 is 5.32 Å². The summed E-state index contributed by atoms with van der Waals surface area (Å²) in [6.07, 6.45) is 10.3. The Balaban J connectivity index is 2.75. The molecule has 0 aliphatic carbocycles. The van der Waals surface area contributed by atoms with Crippen LogP contribution in [0, 0.1) is 0 Å². The number of nitrogens with one attached hydrogen (secondary N) is 1. The molecule has 1 heterocycles. The minimum absolute atomic E-state index is 0.212. The number of rotatable bonds is 2. The molecule has 0 bridgehead atoms. The topological polar surface area (TPSA) is 32.3 Å². The summed E-state index contributed by atoms with van der Waals surface area (Å²) in [4.78, 5) is 0. The Morgan fingerprint density at radius 3 is 2.86 bits per heavy atom. The van der Waals surface area contributed by atoms with E-state index in [0.29, 0.717) is 0 Å². The van der Waals surface area contributed by atoms with E-state index in [1.807, 2.05) is 19.1 Å². The number of piperidine rings is 1. The number of hydrogen-bond acceptors (Lipinski definition) is 2. The second-order valence-electron chi connectivity index (χ2n) is 3.48. The van der Waals surface area contributed by atoms with Crippen molar-refractivity contribution in [2.45, 2.75) is 32.7 Å². The molecule has 0 aromatic carbocycles. The molecular weight excluding hydrogens is 174 g/mol. The van der Waals surface area contributed by atoms with Crippen LogP contribution in [0.15, 0.2) is 35.6 Å². The lowest BCUT2D eigenvalue weighted by Crippen LogP contribution is -2.36. The molecule has 2 nitrogen and oxygen atoms in total. The first-order valence-electron chi connectivity index (χ1n) is 5.17. The lowest BCUT2D eigenvalue weighted by atomic mass is 9.97. The van der Waals surface area contributed by atoms with Gasteiger partial charge < -0.3 is 10.4 Å². The Morgan fingerprint density at radius 2 is 2.29 bits per heavy atom. The van der Waals surface area contributed by atoms with E-state index in [-0.39, 0.29) is 12.6 Å². The molecule has 78 valence electrons. The van der Waals surface area contributed by atoms with Gasteiger partial charge in [0, 0.05) is 11.7 Å². The number of allylic oxidation sites excluding steroid dienone is 5. The average Bonchev–Trinajstić information content (AvgIpc) is 2.25.